The number of benzene rings is 1. The molecule has 3 atom stereocenters. The van der Waals surface area contributed by atoms with Gasteiger partial charge in [0.05, 0.1) is 27.3 Å². The van der Waals surface area contributed by atoms with Gasteiger partial charge in [0.25, 0.3) is 0 Å². The van der Waals surface area contributed by atoms with Gasteiger partial charge in [-0.2, -0.15) is 0 Å². The lowest BCUT2D eigenvalue weighted by Gasteiger charge is -2.21. The normalized spacial score (nSPS) is 21.8. The Kier molecular flexibility index (Phi) is 9.67. The van der Waals surface area contributed by atoms with E-state index in [9.17, 15) is 26.8 Å². The van der Waals surface area contributed by atoms with Gasteiger partial charge in [0.1, 0.15) is 0 Å². The minimum Gasteiger partial charge on any atom is -0.349 e. The number of sulfone groups is 1. The number of amides is 1. The zero-order valence-electron chi connectivity index (χ0n) is 23.8. The lowest BCUT2D eigenvalue weighted by atomic mass is 9.90. The number of carbonyl (C=O) groups excluding carboxylic acids is 2. The van der Waals surface area contributed by atoms with Gasteiger partial charge in [-0.25, -0.2) is 17.2 Å². The first-order valence-corrected chi connectivity index (χ1v) is 16.0. The van der Waals surface area contributed by atoms with Crippen LogP contribution in [0.4, 0.5) is 8.78 Å². The summed E-state index contributed by atoms with van der Waals surface area (Å²) in [4.78, 5) is 34.7. The highest BCUT2D eigenvalue weighted by molar-refractivity contribution is 7.92. The van der Waals surface area contributed by atoms with Crippen LogP contribution in [-0.4, -0.2) is 55.1 Å². The van der Waals surface area contributed by atoms with Crippen LogP contribution in [0.2, 0.25) is 5.02 Å². The van der Waals surface area contributed by atoms with Gasteiger partial charge in [-0.05, 0) is 87.2 Å². The Morgan fingerprint density at radius 3 is 2.50 bits per heavy atom. The highest BCUT2D eigenvalue weighted by Gasteiger charge is 2.51. The van der Waals surface area contributed by atoms with E-state index >= 15 is 0 Å². The number of rotatable bonds is 13. The van der Waals surface area contributed by atoms with Gasteiger partial charge in [-0.15, -0.1) is 0 Å². The Morgan fingerprint density at radius 2 is 1.88 bits per heavy atom. The Hall–Kier alpha value is -2.98. The van der Waals surface area contributed by atoms with Crippen molar-refractivity contribution in [3.05, 3.63) is 59.4 Å². The van der Waals surface area contributed by atoms with Crippen molar-refractivity contribution in [2.24, 2.45) is 16.8 Å². The lowest BCUT2D eigenvalue weighted by Crippen LogP contribution is -2.44. The molecule has 0 spiro atoms. The summed E-state index contributed by atoms with van der Waals surface area (Å²) in [6.45, 7) is 7.08. The number of ketones is 1. The molecule has 0 aliphatic heterocycles. The second kappa shape index (κ2) is 12.7. The maximum atomic E-state index is 13.8. The summed E-state index contributed by atoms with van der Waals surface area (Å²) in [5, 5.41) is 1.99. The maximum absolute atomic E-state index is 13.8. The summed E-state index contributed by atoms with van der Waals surface area (Å²) >= 11 is 6.51. The van der Waals surface area contributed by atoms with Crippen LogP contribution in [-0.2, 0) is 19.4 Å². The van der Waals surface area contributed by atoms with Crippen LogP contribution in [0.1, 0.15) is 57.6 Å². The quantitative estimate of drug-likeness (QED) is 0.213. The van der Waals surface area contributed by atoms with Crippen molar-refractivity contribution in [2.45, 2.75) is 80.4 Å². The first kappa shape index (κ1) is 31.9. The molecule has 226 valence electrons. The molecular formula is C31H36ClF2N3O4S. The molecule has 0 bridgehead atoms. The third-order valence-corrected chi connectivity index (χ3v) is 10.9. The molecule has 3 unspecified atom stereocenters. The van der Waals surface area contributed by atoms with Gasteiger partial charge in [0, 0.05) is 36.6 Å². The summed E-state index contributed by atoms with van der Waals surface area (Å²) in [5.41, 5.74) is 1.85. The van der Waals surface area contributed by atoms with Gasteiger partial charge in [0.2, 0.25) is 11.8 Å². The largest absolute Gasteiger partial charge is 0.349 e. The second-order valence-corrected chi connectivity index (χ2v) is 14.0. The average Bonchev–Trinajstić information content (AvgIpc) is 3.52. The average molecular weight is 620 g/mol. The van der Waals surface area contributed by atoms with E-state index in [0.717, 1.165) is 29.7 Å². The third-order valence-electron chi connectivity index (χ3n) is 8.26. The number of carbonyl (C=O) groups is 2. The molecule has 4 rings (SSSR count). The van der Waals surface area contributed by atoms with Crippen LogP contribution in [0.5, 0.6) is 0 Å². The van der Waals surface area contributed by atoms with Crippen molar-refractivity contribution in [3.8, 4) is 11.1 Å². The molecular weight excluding hydrogens is 584 g/mol. The minimum atomic E-state index is -4.02. The Morgan fingerprint density at radius 1 is 1.19 bits per heavy atom. The molecule has 0 saturated heterocycles. The van der Waals surface area contributed by atoms with Crippen molar-refractivity contribution in [2.75, 3.05) is 6.54 Å². The lowest BCUT2D eigenvalue weighted by molar-refractivity contribution is -0.131. The number of nitrogens with one attached hydrogen (secondary N) is 1. The van der Waals surface area contributed by atoms with Crippen molar-refractivity contribution in [3.63, 3.8) is 0 Å². The van der Waals surface area contributed by atoms with Crippen LogP contribution < -0.4 is 5.32 Å². The first-order valence-electron chi connectivity index (χ1n) is 14.1. The van der Waals surface area contributed by atoms with E-state index in [-0.39, 0.29) is 35.6 Å². The first-order chi connectivity index (χ1) is 19.8. The second-order valence-electron chi connectivity index (χ2n) is 11.4. The van der Waals surface area contributed by atoms with E-state index in [1.165, 1.54) is 25.1 Å². The molecule has 7 nitrogen and oxygen atoms in total. The summed E-state index contributed by atoms with van der Waals surface area (Å²) < 4.78 is 54.9. The summed E-state index contributed by atoms with van der Waals surface area (Å²) in [7, 11) is -4.02. The van der Waals surface area contributed by atoms with Crippen LogP contribution in [0.3, 0.4) is 0 Å². The zero-order valence-corrected chi connectivity index (χ0v) is 25.4. The van der Waals surface area contributed by atoms with Crippen LogP contribution >= 0.6 is 11.6 Å². The fourth-order valence-electron chi connectivity index (χ4n) is 5.50. The molecule has 1 aromatic heterocycles. The molecule has 2 aromatic rings. The van der Waals surface area contributed by atoms with E-state index in [4.69, 9.17) is 11.6 Å². The molecule has 1 amide bonds. The number of pyridine rings is 1. The number of alkyl halides is 2. The van der Waals surface area contributed by atoms with Crippen molar-refractivity contribution >= 4 is 39.8 Å². The van der Waals surface area contributed by atoms with Crippen molar-refractivity contribution < 1.29 is 26.8 Å². The predicted octanol–water partition coefficient (Wildman–Crippen LogP) is 6.18. The molecule has 42 heavy (non-hydrogen) atoms. The van der Waals surface area contributed by atoms with E-state index in [0.29, 0.717) is 6.54 Å². The summed E-state index contributed by atoms with van der Waals surface area (Å²) in [6.07, 6.45) is 4.83. The minimum absolute atomic E-state index is 0.00896. The Balaban J connectivity index is 1.57. The molecule has 1 aromatic carbocycles. The molecule has 2 fully saturated rings. The zero-order chi connectivity index (χ0) is 30.7. The Labute approximate surface area is 250 Å². The maximum Gasteiger partial charge on any atom is 0.248 e. The smallest absolute Gasteiger partial charge is 0.248 e. The van der Waals surface area contributed by atoms with Gasteiger partial charge in [-0.3, -0.25) is 19.6 Å². The number of hydrogen-bond donors (Lipinski definition) is 1. The highest BCUT2D eigenvalue weighted by Crippen LogP contribution is 2.43. The monoisotopic (exact) mass is 619 g/mol. The fourth-order valence-corrected chi connectivity index (χ4v) is 7.87. The van der Waals surface area contributed by atoms with Gasteiger partial charge >= 0.3 is 0 Å². The number of aliphatic imine (C=N–C) groups is 1. The van der Waals surface area contributed by atoms with Crippen LogP contribution in [0.25, 0.3) is 11.1 Å². The molecule has 2 aliphatic rings. The van der Waals surface area contributed by atoms with Gasteiger partial charge in [-0.1, -0.05) is 30.7 Å². The molecule has 1 N–H and O–H groups in total. The number of aryl methyl sites for hydroxylation is 1. The van der Waals surface area contributed by atoms with E-state index in [2.05, 4.69) is 22.0 Å². The third kappa shape index (κ3) is 7.32. The highest BCUT2D eigenvalue weighted by atomic mass is 35.5. The molecule has 0 radical (unpaired) electrons. The summed E-state index contributed by atoms with van der Waals surface area (Å²) in [6, 6.07) is 8.37. The Bertz CT molecular complexity index is 1490. The van der Waals surface area contributed by atoms with Crippen molar-refractivity contribution in [1.82, 2.24) is 10.3 Å². The number of halogens is 3. The molecule has 1 heterocycles. The van der Waals surface area contributed by atoms with Gasteiger partial charge in [0.15, 0.2) is 15.6 Å². The SMILES string of the molecule is C=NCC1(NC(=O)C2CC(S(=O)(=O)c3ccc(-c4ccnc(C)c4)cc3Cl)CC2C(=O)C=CCCC(F)(F)CC)CC1. The number of allylic oxidation sites excluding steroid dienone is 2. The number of aromatic nitrogens is 1. The van der Waals surface area contributed by atoms with Crippen LogP contribution in [0.15, 0.2) is 58.6 Å². The molecule has 2 aliphatic carbocycles. The standard InChI is InChI=1S/C31H36ClF2N3O4S/c1-4-31(33,34)11-6-5-7-27(38)24-17-23(18-25(24)29(39)37-30(12-13-30)19-35-3)42(40,41)28-9-8-21(16-26(28)32)22-10-14-36-20(2)15-22/h5,7-10,14-16,23-25H,3-4,6,11-13,17-19H2,1-2H3,(H,37,39). The topological polar surface area (TPSA) is 106 Å². The van der Waals surface area contributed by atoms with Gasteiger partial charge < -0.3 is 5.32 Å². The van der Waals surface area contributed by atoms with Crippen molar-refractivity contribution in [1.29, 1.82) is 0 Å². The van der Waals surface area contributed by atoms with E-state index in [1.807, 2.05) is 13.0 Å². The number of hydrogen-bond acceptors (Lipinski definition) is 6. The van der Waals surface area contributed by atoms with Crippen LogP contribution in [0, 0.1) is 18.8 Å². The molecule has 11 heteroatoms. The van der Waals surface area contributed by atoms with E-state index in [1.54, 1.807) is 24.4 Å². The van der Waals surface area contributed by atoms with E-state index < -0.39 is 56.5 Å². The number of nitrogens with zero attached hydrogens (tertiary/aromatic N) is 2. The fraction of sp³-hybridized carbons (Fsp3) is 0.484. The predicted molar refractivity (Wildman–Crippen MR) is 160 cm³/mol. The molecule has 2 saturated carbocycles. The summed E-state index contributed by atoms with van der Waals surface area (Å²) in [5.74, 6) is -5.51.